The first-order valence-electron chi connectivity index (χ1n) is 15.2. The Morgan fingerprint density at radius 2 is 1.65 bits per heavy atom. The Morgan fingerprint density at radius 1 is 0.973 bits per heavy atom. The van der Waals surface area contributed by atoms with Crippen LogP contribution in [0.5, 0.6) is 0 Å². The van der Waals surface area contributed by atoms with Gasteiger partial charge in [0.2, 0.25) is 0 Å². The number of carbonyl (C=O) groups is 1. The van der Waals surface area contributed by atoms with E-state index in [0.717, 1.165) is 76.2 Å². The van der Waals surface area contributed by atoms with Crippen LogP contribution in [0.4, 0.5) is 0 Å². The molecule has 8 atom stereocenters. The average Bonchev–Trinajstić information content (AvgIpc) is 3.14. The summed E-state index contributed by atoms with van der Waals surface area (Å²) in [6, 6.07) is 0. The van der Waals surface area contributed by atoms with E-state index in [9.17, 15) is 20.1 Å². The van der Waals surface area contributed by atoms with Crippen LogP contribution in [-0.4, -0.2) is 64.5 Å². The molecule has 0 aliphatic heterocycles. The van der Waals surface area contributed by atoms with Crippen LogP contribution in [-0.2, 0) is 4.79 Å². The number of ketones is 1. The Bertz CT molecular complexity index is 1000. The fraction of sp³-hybridized carbons (Fsp3) is 0.844. The van der Waals surface area contributed by atoms with E-state index in [1.807, 2.05) is 7.05 Å². The summed E-state index contributed by atoms with van der Waals surface area (Å²) in [4.78, 5) is 16.6. The van der Waals surface area contributed by atoms with Crippen LogP contribution in [0, 0.1) is 39.4 Å². The molecule has 0 radical (unpaired) electrons. The summed E-state index contributed by atoms with van der Waals surface area (Å²) in [6.07, 6.45) is 18.7. The Kier molecular flexibility index (Phi) is 6.20. The minimum Gasteiger partial charge on any atom is -0.395 e. The highest BCUT2D eigenvalue weighted by atomic mass is 16.3. The molecule has 0 saturated heterocycles. The first kappa shape index (κ1) is 26.2. The number of fused-ring (bicyclic) bond motifs is 1. The second-order valence-corrected chi connectivity index (χ2v) is 14.5. The van der Waals surface area contributed by atoms with Gasteiger partial charge in [-0.3, -0.25) is 4.79 Å². The van der Waals surface area contributed by atoms with E-state index in [1.165, 1.54) is 6.42 Å². The van der Waals surface area contributed by atoms with Crippen LogP contribution < -0.4 is 0 Å². The topological polar surface area (TPSA) is 81.0 Å². The van der Waals surface area contributed by atoms with Gasteiger partial charge in [0.15, 0.2) is 5.78 Å². The van der Waals surface area contributed by atoms with E-state index in [2.05, 4.69) is 37.0 Å². The van der Waals surface area contributed by atoms with Gasteiger partial charge in [-0.15, -0.1) is 0 Å². The molecule has 7 aliphatic rings. The first-order chi connectivity index (χ1) is 17.6. The quantitative estimate of drug-likeness (QED) is 0.452. The fourth-order valence-electron chi connectivity index (χ4n) is 10.9. The van der Waals surface area contributed by atoms with Crippen molar-refractivity contribution >= 4 is 5.78 Å². The van der Waals surface area contributed by atoms with Gasteiger partial charge in [-0.05, 0) is 82.1 Å². The van der Waals surface area contributed by atoms with Crippen molar-refractivity contribution in [2.24, 2.45) is 39.4 Å². The summed E-state index contributed by atoms with van der Waals surface area (Å²) in [5.41, 5.74) is -0.578. The van der Waals surface area contributed by atoms with Crippen molar-refractivity contribution < 1.29 is 20.1 Å². The molecule has 2 bridgehead atoms. The summed E-state index contributed by atoms with van der Waals surface area (Å²) in [5.74, 6) is 1.11. The highest BCUT2D eigenvalue weighted by molar-refractivity contribution is 6.00. The molecule has 8 unspecified atom stereocenters. The van der Waals surface area contributed by atoms with Gasteiger partial charge < -0.3 is 20.2 Å². The zero-order valence-corrected chi connectivity index (χ0v) is 23.3. The Balaban J connectivity index is 1.47. The van der Waals surface area contributed by atoms with Gasteiger partial charge in [0.25, 0.3) is 0 Å². The number of hydrogen-bond acceptors (Lipinski definition) is 5. The highest BCUT2D eigenvalue weighted by Crippen LogP contribution is 2.78. The SMILES string of the molecule is CN(CCO)CC1(O)CCC2C34C=CC5(C=C3C(=O)C3CCCCC3)CC(O)CCC5(C)C4CCC21C. The highest BCUT2D eigenvalue weighted by Gasteiger charge is 2.74. The maximum atomic E-state index is 14.5. The van der Waals surface area contributed by atoms with Crippen LogP contribution in [0.3, 0.4) is 0 Å². The number of aliphatic hydroxyl groups is 3. The van der Waals surface area contributed by atoms with Crippen LogP contribution in [0.25, 0.3) is 0 Å². The minimum absolute atomic E-state index is 0.0348. The number of carbonyl (C=O) groups excluding carboxylic acids is 1. The van der Waals surface area contributed by atoms with Crippen LogP contribution >= 0.6 is 0 Å². The lowest BCUT2D eigenvalue weighted by Crippen LogP contribution is -2.67. The molecule has 7 rings (SSSR count). The van der Waals surface area contributed by atoms with Gasteiger partial charge in [0.1, 0.15) is 0 Å². The molecule has 5 nitrogen and oxygen atoms in total. The molecular weight excluding hydrogens is 462 g/mol. The molecular formula is C32H49NO4. The lowest BCUT2D eigenvalue weighted by molar-refractivity contribution is -0.179. The van der Waals surface area contributed by atoms with E-state index >= 15 is 0 Å². The summed E-state index contributed by atoms with van der Waals surface area (Å²) in [6.45, 7) is 5.98. The summed E-state index contributed by atoms with van der Waals surface area (Å²) in [7, 11) is 2.00. The second kappa shape index (κ2) is 8.74. The second-order valence-electron chi connectivity index (χ2n) is 14.5. The van der Waals surface area contributed by atoms with Crippen molar-refractivity contribution in [1.82, 2.24) is 4.90 Å². The molecule has 37 heavy (non-hydrogen) atoms. The molecule has 0 aromatic heterocycles. The van der Waals surface area contributed by atoms with E-state index in [4.69, 9.17) is 0 Å². The van der Waals surface area contributed by atoms with Crippen molar-refractivity contribution in [2.45, 2.75) is 103 Å². The monoisotopic (exact) mass is 511 g/mol. The number of nitrogens with zero attached hydrogens (tertiary/aromatic N) is 1. The maximum absolute atomic E-state index is 14.5. The average molecular weight is 512 g/mol. The van der Waals surface area contributed by atoms with Gasteiger partial charge in [0.05, 0.1) is 18.3 Å². The van der Waals surface area contributed by atoms with Crippen molar-refractivity contribution in [3.63, 3.8) is 0 Å². The molecule has 0 amide bonds. The molecule has 0 heterocycles. The molecule has 0 aromatic rings. The molecule has 3 N–H and O–H groups in total. The van der Waals surface area contributed by atoms with Gasteiger partial charge >= 0.3 is 0 Å². The van der Waals surface area contributed by atoms with Gasteiger partial charge in [-0.1, -0.05) is 51.3 Å². The van der Waals surface area contributed by atoms with Crippen molar-refractivity contribution in [2.75, 3.05) is 26.7 Å². The normalized spacial score (nSPS) is 48.9. The summed E-state index contributed by atoms with van der Waals surface area (Å²) >= 11 is 0. The fourth-order valence-corrected chi connectivity index (χ4v) is 10.9. The number of hydrogen-bond donors (Lipinski definition) is 3. The van der Waals surface area contributed by atoms with Crippen LogP contribution in [0.2, 0.25) is 0 Å². The molecule has 206 valence electrons. The van der Waals surface area contributed by atoms with Gasteiger partial charge in [0, 0.05) is 40.8 Å². The molecule has 0 aromatic carbocycles. The zero-order chi connectivity index (χ0) is 26.3. The lowest BCUT2D eigenvalue weighted by Gasteiger charge is -2.71. The van der Waals surface area contributed by atoms with Gasteiger partial charge in [-0.25, -0.2) is 0 Å². The smallest absolute Gasteiger partial charge is 0.162 e. The third-order valence-corrected chi connectivity index (χ3v) is 13.0. The Morgan fingerprint density at radius 3 is 2.38 bits per heavy atom. The lowest BCUT2D eigenvalue weighted by atomic mass is 9.32. The first-order valence-corrected chi connectivity index (χ1v) is 15.2. The molecule has 4 fully saturated rings. The standard InChI is InChI=1S/C32H49NO4/c1-28-12-9-23(35)19-30(28)15-16-32(24(20-30)27(36)22-7-5-4-6-8-22)25(28)10-13-29(2)26(32)11-14-31(29,37)21-33(3)17-18-34/h15-16,20,22-23,25-26,34-35,37H,4-14,17-19,21H2,1-3H3. The van der Waals surface area contributed by atoms with Crippen molar-refractivity contribution in [1.29, 1.82) is 0 Å². The number of Topliss-reactive ketones (excluding diaryl/α,β-unsaturated/α-hetero) is 1. The molecule has 7 aliphatic carbocycles. The van der Waals surface area contributed by atoms with E-state index in [1.54, 1.807) is 0 Å². The largest absolute Gasteiger partial charge is 0.395 e. The maximum Gasteiger partial charge on any atom is 0.162 e. The van der Waals surface area contributed by atoms with Crippen LogP contribution in [0.1, 0.15) is 90.9 Å². The number of allylic oxidation sites excluding steroid dienone is 4. The Labute approximate surface area is 223 Å². The third-order valence-electron chi connectivity index (χ3n) is 13.0. The van der Waals surface area contributed by atoms with Crippen molar-refractivity contribution in [3.05, 3.63) is 23.8 Å². The number of rotatable bonds is 6. The van der Waals surface area contributed by atoms with E-state index in [0.29, 0.717) is 24.8 Å². The van der Waals surface area contributed by atoms with E-state index in [-0.39, 0.29) is 46.2 Å². The zero-order valence-electron chi connectivity index (χ0n) is 23.3. The number of aliphatic hydroxyl groups excluding tert-OH is 2. The van der Waals surface area contributed by atoms with E-state index < -0.39 is 5.60 Å². The summed E-state index contributed by atoms with van der Waals surface area (Å²) < 4.78 is 0. The molecule has 5 heteroatoms. The summed E-state index contributed by atoms with van der Waals surface area (Å²) in [5, 5.41) is 32.6. The number of likely N-dealkylation sites (N-methyl/N-ethyl adjacent to an activating group) is 1. The predicted octanol–water partition coefficient (Wildman–Crippen LogP) is 4.65. The third kappa shape index (κ3) is 3.39. The van der Waals surface area contributed by atoms with Crippen molar-refractivity contribution in [3.8, 4) is 0 Å². The van der Waals surface area contributed by atoms with Gasteiger partial charge in [-0.2, -0.15) is 0 Å². The predicted molar refractivity (Wildman–Crippen MR) is 145 cm³/mol. The minimum atomic E-state index is -0.830. The molecule has 4 saturated carbocycles. The Hall–Kier alpha value is -1.01. The van der Waals surface area contributed by atoms with Crippen LogP contribution in [0.15, 0.2) is 23.8 Å². The molecule has 2 spiro atoms.